The van der Waals surface area contributed by atoms with E-state index in [2.05, 4.69) is 17.1 Å². The van der Waals surface area contributed by atoms with Crippen molar-refractivity contribution in [2.24, 2.45) is 0 Å². The largest absolute Gasteiger partial charge is 0.416 e. The summed E-state index contributed by atoms with van der Waals surface area (Å²) in [6, 6.07) is 4.60. The van der Waals surface area contributed by atoms with Gasteiger partial charge in [-0.25, -0.2) is 0 Å². The summed E-state index contributed by atoms with van der Waals surface area (Å²) >= 11 is 0. The highest BCUT2D eigenvalue weighted by Crippen LogP contribution is 2.29. The maximum absolute atomic E-state index is 12.4. The molecule has 3 nitrogen and oxygen atoms in total. The Morgan fingerprint density at radius 3 is 2.35 bits per heavy atom. The third kappa shape index (κ3) is 5.48. The van der Waals surface area contributed by atoms with Crippen LogP contribution in [0.5, 0.6) is 0 Å². The maximum Gasteiger partial charge on any atom is 0.416 e. The molecule has 0 fully saturated rings. The summed E-state index contributed by atoms with van der Waals surface area (Å²) in [5, 5.41) is 13.0. The number of benzene rings is 1. The molecule has 1 aromatic rings. The fourth-order valence-electron chi connectivity index (χ4n) is 1.68. The van der Waals surface area contributed by atoms with E-state index in [0.717, 1.165) is 31.8 Å². The lowest BCUT2D eigenvalue weighted by atomic mass is 10.1. The topological polar surface area (TPSA) is 35.5 Å². The van der Waals surface area contributed by atoms with Crippen LogP contribution >= 0.6 is 0 Å². The summed E-state index contributed by atoms with van der Waals surface area (Å²) in [6.45, 7) is 4.90. The second-order valence-corrected chi connectivity index (χ2v) is 4.74. The van der Waals surface area contributed by atoms with Gasteiger partial charge in [-0.05, 0) is 31.3 Å². The molecule has 0 spiro atoms. The average Bonchev–Trinajstić information content (AvgIpc) is 2.42. The number of rotatable bonds is 7. The van der Waals surface area contributed by atoms with Crippen LogP contribution in [0.25, 0.3) is 0 Å². The van der Waals surface area contributed by atoms with Crippen LogP contribution in [0.4, 0.5) is 13.2 Å². The fourth-order valence-corrected chi connectivity index (χ4v) is 1.68. The molecule has 6 heteroatoms. The van der Waals surface area contributed by atoms with E-state index in [-0.39, 0.29) is 0 Å². The second kappa shape index (κ2) is 7.61. The summed E-state index contributed by atoms with van der Waals surface area (Å²) in [7, 11) is 1.99. The number of hydrogen-bond donors (Lipinski definition) is 2. The van der Waals surface area contributed by atoms with E-state index in [4.69, 9.17) is 0 Å². The number of nitrogens with zero attached hydrogens (tertiary/aromatic N) is 1. The highest BCUT2D eigenvalue weighted by atomic mass is 19.4. The van der Waals surface area contributed by atoms with Crippen LogP contribution in [0.2, 0.25) is 0 Å². The third-order valence-corrected chi connectivity index (χ3v) is 3.17. The summed E-state index contributed by atoms with van der Waals surface area (Å²) in [5.41, 5.74) is -0.222. The van der Waals surface area contributed by atoms with Gasteiger partial charge in [0, 0.05) is 19.6 Å². The summed E-state index contributed by atoms with van der Waals surface area (Å²) in [4.78, 5) is 2.12. The molecule has 0 aliphatic carbocycles. The molecule has 0 aromatic heterocycles. The SMILES string of the molecule is CCN(C)CCNCC(O)c1ccc(C(F)(F)F)cc1. The van der Waals surface area contributed by atoms with Crippen LogP contribution in [0.15, 0.2) is 24.3 Å². The van der Waals surface area contributed by atoms with Crippen LogP contribution in [0.3, 0.4) is 0 Å². The number of hydrogen-bond acceptors (Lipinski definition) is 3. The molecule has 20 heavy (non-hydrogen) atoms. The summed E-state index contributed by atoms with van der Waals surface area (Å²) < 4.78 is 37.2. The Bertz CT molecular complexity index is 392. The van der Waals surface area contributed by atoms with Gasteiger partial charge in [-0.15, -0.1) is 0 Å². The van der Waals surface area contributed by atoms with Gasteiger partial charge in [0.2, 0.25) is 0 Å². The molecule has 0 saturated carbocycles. The van der Waals surface area contributed by atoms with Crippen molar-refractivity contribution in [1.82, 2.24) is 10.2 Å². The van der Waals surface area contributed by atoms with Gasteiger partial charge in [0.05, 0.1) is 11.7 Å². The first-order valence-electron chi connectivity index (χ1n) is 6.59. The fraction of sp³-hybridized carbons (Fsp3) is 0.571. The van der Waals surface area contributed by atoms with Gasteiger partial charge in [0.25, 0.3) is 0 Å². The zero-order chi connectivity index (χ0) is 15.2. The van der Waals surface area contributed by atoms with Gasteiger partial charge in [-0.3, -0.25) is 0 Å². The van der Waals surface area contributed by atoms with Crippen LogP contribution in [-0.4, -0.2) is 43.2 Å². The normalized spacial score (nSPS) is 13.8. The molecule has 0 amide bonds. The van der Waals surface area contributed by atoms with Crippen molar-refractivity contribution >= 4 is 0 Å². The predicted molar refractivity (Wildman–Crippen MR) is 72.4 cm³/mol. The number of aliphatic hydroxyl groups excluding tert-OH is 1. The molecule has 0 aliphatic heterocycles. The van der Waals surface area contributed by atoms with Gasteiger partial charge in [-0.2, -0.15) is 13.2 Å². The standard InChI is InChI=1S/C14H21F3N2O/c1-3-19(2)9-8-18-10-13(20)11-4-6-12(7-5-11)14(15,16)17/h4-7,13,18,20H,3,8-10H2,1-2H3. The Morgan fingerprint density at radius 1 is 1.25 bits per heavy atom. The van der Waals surface area contributed by atoms with E-state index in [9.17, 15) is 18.3 Å². The van der Waals surface area contributed by atoms with E-state index in [1.165, 1.54) is 12.1 Å². The molecule has 1 aromatic carbocycles. The quantitative estimate of drug-likeness (QED) is 0.756. The molecular formula is C14H21F3N2O. The van der Waals surface area contributed by atoms with Gasteiger partial charge >= 0.3 is 6.18 Å². The first kappa shape index (κ1) is 16.9. The molecule has 0 bridgehead atoms. The van der Waals surface area contributed by atoms with Crippen molar-refractivity contribution in [3.8, 4) is 0 Å². The Morgan fingerprint density at radius 2 is 1.85 bits per heavy atom. The molecular weight excluding hydrogens is 269 g/mol. The van der Waals surface area contributed by atoms with E-state index < -0.39 is 17.8 Å². The van der Waals surface area contributed by atoms with E-state index in [0.29, 0.717) is 12.1 Å². The summed E-state index contributed by atoms with van der Waals surface area (Å²) in [6.07, 6.45) is -5.14. The van der Waals surface area contributed by atoms with E-state index in [1.54, 1.807) is 0 Å². The van der Waals surface area contributed by atoms with Crippen molar-refractivity contribution in [3.63, 3.8) is 0 Å². The number of nitrogens with one attached hydrogen (secondary N) is 1. The first-order valence-corrected chi connectivity index (χ1v) is 6.59. The second-order valence-electron chi connectivity index (χ2n) is 4.74. The lowest BCUT2D eigenvalue weighted by Gasteiger charge is -2.16. The zero-order valence-electron chi connectivity index (χ0n) is 11.7. The number of likely N-dealkylation sites (N-methyl/N-ethyl adjacent to an activating group) is 1. The molecule has 114 valence electrons. The van der Waals surface area contributed by atoms with Crippen molar-refractivity contribution in [2.45, 2.75) is 19.2 Å². The van der Waals surface area contributed by atoms with Crippen LogP contribution in [0.1, 0.15) is 24.2 Å². The van der Waals surface area contributed by atoms with Crippen molar-refractivity contribution in [1.29, 1.82) is 0 Å². The van der Waals surface area contributed by atoms with Gasteiger partial charge < -0.3 is 15.3 Å². The highest BCUT2D eigenvalue weighted by molar-refractivity contribution is 5.26. The Balaban J connectivity index is 2.42. The maximum atomic E-state index is 12.4. The Labute approximate surface area is 117 Å². The van der Waals surface area contributed by atoms with Crippen LogP contribution in [0, 0.1) is 0 Å². The number of aliphatic hydroxyl groups is 1. The molecule has 0 saturated heterocycles. The molecule has 0 heterocycles. The Kier molecular flexibility index (Phi) is 6.45. The van der Waals surface area contributed by atoms with Crippen LogP contribution < -0.4 is 5.32 Å². The van der Waals surface area contributed by atoms with Crippen molar-refractivity contribution in [3.05, 3.63) is 35.4 Å². The summed E-state index contributed by atoms with van der Waals surface area (Å²) in [5.74, 6) is 0. The van der Waals surface area contributed by atoms with Gasteiger partial charge in [0.1, 0.15) is 0 Å². The lowest BCUT2D eigenvalue weighted by Crippen LogP contribution is -2.31. The molecule has 0 aliphatic rings. The minimum absolute atomic E-state index is 0.322. The minimum atomic E-state index is -4.34. The smallest absolute Gasteiger partial charge is 0.387 e. The van der Waals surface area contributed by atoms with Crippen molar-refractivity contribution < 1.29 is 18.3 Å². The first-order chi connectivity index (χ1) is 9.34. The van der Waals surface area contributed by atoms with Gasteiger partial charge in [0.15, 0.2) is 0 Å². The lowest BCUT2D eigenvalue weighted by molar-refractivity contribution is -0.137. The molecule has 0 radical (unpaired) electrons. The monoisotopic (exact) mass is 290 g/mol. The molecule has 1 atom stereocenters. The van der Waals surface area contributed by atoms with Gasteiger partial charge in [-0.1, -0.05) is 19.1 Å². The van der Waals surface area contributed by atoms with Crippen LogP contribution in [-0.2, 0) is 6.18 Å². The molecule has 2 N–H and O–H groups in total. The molecule has 1 unspecified atom stereocenters. The number of halogens is 3. The minimum Gasteiger partial charge on any atom is -0.387 e. The highest BCUT2D eigenvalue weighted by Gasteiger charge is 2.30. The number of alkyl halides is 3. The third-order valence-electron chi connectivity index (χ3n) is 3.17. The average molecular weight is 290 g/mol. The van der Waals surface area contributed by atoms with Crippen molar-refractivity contribution in [2.75, 3.05) is 33.2 Å². The van der Waals surface area contributed by atoms with E-state index in [1.807, 2.05) is 7.05 Å². The predicted octanol–water partition coefficient (Wildman–Crippen LogP) is 2.28. The molecule has 1 rings (SSSR count). The van der Waals surface area contributed by atoms with E-state index >= 15 is 0 Å². The zero-order valence-corrected chi connectivity index (χ0v) is 11.7. The Hall–Kier alpha value is -1.11.